The van der Waals surface area contributed by atoms with E-state index in [1.807, 2.05) is 0 Å². The molecule has 11 heteroatoms. The van der Waals surface area contributed by atoms with Crippen LogP contribution in [0.1, 0.15) is 13.3 Å². The van der Waals surface area contributed by atoms with E-state index in [2.05, 4.69) is 0 Å². The van der Waals surface area contributed by atoms with E-state index in [1.165, 1.54) is 14.0 Å². The Bertz CT molecular complexity index is 618. The van der Waals surface area contributed by atoms with E-state index in [0.717, 1.165) is 6.26 Å². The van der Waals surface area contributed by atoms with Crippen molar-refractivity contribution in [2.75, 3.05) is 13.7 Å². The van der Waals surface area contributed by atoms with Crippen LogP contribution in [0, 0.1) is 11.8 Å². The molecule has 160 valence electrons. The lowest BCUT2D eigenvalue weighted by Gasteiger charge is -2.44. The topological polar surface area (TPSA) is 175 Å². The Hall–Kier alpha value is -1.31. The molecule has 28 heavy (non-hydrogen) atoms. The molecule has 1 saturated heterocycles. The highest BCUT2D eigenvalue weighted by atomic mass is 16.8. The first-order valence-corrected chi connectivity index (χ1v) is 8.93. The summed E-state index contributed by atoms with van der Waals surface area (Å²) in [5.41, 5.74) is -1.57. The first-order chi connectivity index (χ1) is 13.1. The summed E-state index contributed by atoms with van der Waals surface area (Å²) in [7, 11) is 1.19. The molecule has 0 spiro atoms. The van der Waals surface area contributed by atoms with Crippen LogP contribution in [-0.4, -0.2) is 99.0 Å². The van der Waals surface area contributed by atoms with E-state index in [0.29, 0.717) is 0 Å². The number of carbonyl (C=O) groups is 1. The second-order valence-electron chi connectivity index (χ2n) is 7.51. The molecule has 6 N–H and O–H groups in total. The Morgan fingerprint density at radius 2 is 1.89 bits per heavy atom. The SMILES string of the molecule is COC(=O)C1=CO[C@@H](O[C@@H]2O[C@H](CO)[C@@H](O)[C@H](O)[C@H]2O)C2C1C[C@H](O)[C@]2(C)O. The number of aliphatic hydroxyl groups is 6. The van der Waals surface area contributed by atoms with Gasteiger partial charge in [-0.3, -0.25) is 0 Å². The first-order valence-electron chi connectivity index (χ1n) is 8.93. The molecule has 2 unspecified atom stereocenters. The number of methoxy groups -OCH3 is 1. The molecule has 2 heterocycles. The van der Waals surface area contributed by atoms with Gasteiger partial charge in [-0.05, 0) is 13.3 Å². The maximum atomic E-state index is 12.0. The maximum absolute atomic E-state index is 12.0. The van der Waals surface area contributed by atoms with Crippen LogP contribution in [0.15, 0.2) is 11.8 Å². The summed E-state index contributed by atoms with van der Waals surface area (Å²) in [5, 5.41) is 60.2. The Morgan fingerprint density at radius 1 is 1.21 bits per heavy atom. The number of carbonyl (C=O) groups excluding carboxylic acids is 1. The van der Waals surface area contributed by atoms with Crippen LogP contribution >= 0.6 is 0 Å². The van der Waals surface area contributed by atoms with Crippen LogP contribution in [0.4, 0.5) is 0 Å². The zero-order valence-corrected chi connectivity index (χ0v) is 15.4. The van der Waals surface area contributed by atoms with E-state index in [9.17, 15) is 35.4 Å². The average molecular weight is 406 g/mol. The van der Waals surface area contributed by atoms with E-state index >= 15 is 0 Å². The minimum atomic E-state index is -1.70. The van der Waals surface area contributed by atoms with Gasteiger partial charge in [0.15, 0.2) is 6.29 Å². The van der Waals surface area contributed by atoms with Crippen LogP contribution in [-0.2, 0) is 23.7 Å². The molecule has 0 radical (unpaired) electrons. The summed E-state index contributed by atoms with van der Waals surface area (Å²) >= 11 is 0. The molecule has 2 aliphatic heterocycles. The molecule has 0 bridgehead atoms. The van der Waals surface area contributed by atoms with Gasteiger partial charge in [0.2, 0.25) is 6.29 Å². The zero-order chi connectivity index (χ0) is 20.8. The van der Waals surface area contributed by atoms with Gasteiger partial charge in [-0.15, -0.1) is 0 Å². The molecule has 1 saturated carbocycles. The second-order valence-corrected chi connectivity index (χ2v) is 7.51. The molecule has 0 aromatic rings. The quantitative estimate of drug-likeness (QED) is 0.262. The molecule has 0 aromatic carbocycles. The standard InChI is InChI=1S/C17H26O11/c1-17(24)9(19)3-6-7(14(23)25-2)5-26-15(10(6)17)28-16-13(22)12(21)11(20)8(4-18)27-16/h5-6,8-13,15-16,18-22,24H,3-4H2,1-2H3/t6?,8-,9+,10?,11-,12+,13-,15+,16+,17+/m1/s1. The molecule has 11 nitrogen and oxygen atoms in total. The molecule has 1 aliphatic carbocycles. The summed E-state index contributed by atoms with van der Waals surface area (Å²) in [6.45, 7) is 0.737. The number of hydrogen-bond donors (Lipinski definition) is 6. The van der Waals surface area contributed by atoms with Gasteiger partial charge in [0.25, 0.3) is 0 Å². The Balaban J connectivity index is 1.85. The highest BCUT2D eigenvalue weighted by Crippen LogP contribution is 2.49. The monoisotopic (exact) mass is 406 g/mol. The van der Waals surface area contributed by atoms with Crippen LogP contribution in [0.3, 0.4) is 0 Å². The van der Waals surface area contributed by atoms with Crippen LogP contribution in [0.2, 0.25) is 0 Å². The number of esters is 1. The third-order valence-electron chi connectivity index (χ3n) is 5.82. The zero-order valence-electron chi connectivity index (χ0n) is 15.4. The predicted molar refractivity (Wildman–Crippen MR) is 88.1 cm³/mol. The van der Waals surface area contributed by atoms with Gasteiger partial charge in [0.1, 0.15) is 24.4 Å². The fourth-order valence-electron chi connectivity index (χ4n) is 4.10. The molecule has 2 fully saturated rings. The third kappa shape index (κ3) is 3.42. The van der Waals surface area contributed by atoms with Crippen LogP contribution in [0.5, 0.6) is 0 Å². The van der Waals surface area contributed by atoms with Crippen molar-refractivity contribution in [2.24, 2.45) is 11.8 Å². The van der Waals surface area contributed by atoms with Crippen molar-refractivity contribution in [3.05, 3.63) is 11.8 Å². The summed E-state index contributed by atoms with van der Waals surface area (Å²) in [5.74, 6) is -2.25. The highest BCUT2D eigenvalue weighted by Gasteiger charge is 2.60. The molecule has 3 aliphatic rings. The third-order valence-corrected chi connectivity index (χ3v) is 5.82. The van der Waals surface area contributed by atoms with E-state index < -0.39 is 73.1 Å². The molecule has 10 atom stereocenters. The summed E-state index contributed by atoms with van der Waals surface area (Å²) < 4.78 is 21.1. The van der Waals surface area contributed by atoms with Gasteiger partial charge in [-0.25, -0.2) is 4.79 Å². The molecule has 0 amide bonds. The van der Waals surface area contributed by atoms with Crippen molar-refractivity contribution in [1.82, 2.24) is 0 Å². The van der Waals surface area contributed by atoms with Gasteiger partial charge in [-0.1, -0.05) is 0 Å². The summed E-state index contributed by atoms with van der Waals surface area (Å²) in [4.78, 5) is 12.0. The van der Waals surface area contributed by atoms with Crippen molar-refractivity contribution in [3.8, 4) is 0 Å². The molecular weight excluding hydrogens is 380 g/mol. The van der Waals surface area contributed by atoms with Gasteiger partial charge < -0.3 is 49.6 Å². The van der Waals surface area contributed by atoms with Crippen molar-refractivity contribution >= 4 is 5.97 Å². The minimum absolute atomic E-state index is 0.0521. The smallest absolute Gasteiger partial charge is 0.337 e. The fourth-order valence-corrected chi connectivity index (χ4v) is 4.10. The lowest BCUT2D eigenvalue weighted by Crippen LogP contribution is -2.61. The first kappa shape index (κ1) is 21.4. The van der Waals surface area contributed by atoms with Gasteiger partial charge in [0.05, 0.1) is 43.2 Å². The number of ether oxygens (including phenoxy) is 4. The van der Waals surface area contributed by atoms with Crippen molar-refractivity contribution in [2.45, 2.75) is 62.0 Å². The maximum Gasteiger partial charge on any atom is 0.337 e. The Morgan fingerprint density at radius 3 is 2.50 bits per heavy atom. The normalized spacial score (nSPS) is 48.4. The van der Waals surface area contributed by atoms with Crippen LogP contribution in [0.25, 0.3) is 0 Å². The largest absolute Gasteiger partial charge is 0.471 e. The number of hydrogen-bond acceptors (Lipinski definition) is 11. The Labute approximate surface area is 160 Å². The number of aliphatic hydroxyl groups excluding tert-OH is 5. The van der Waals surface area contributed by atoms with Crippen molar-refractivity contribution in [1.29, 1.82) is 0 Å². The molecular formula is C17H26O11. The fraction of sp³-hybridized carbons (Fsp3) is 0.824. The lowest BCUT2D eigenvalue weighted by molar-refractivity contribution is -0.347. The van der Waals surface area contributed by atoms with E-state index in [-0.39, 0.29) is 12.0 Å². The van der Waals surface area contributed by atoms with Gasteiger partial charge in [-0.2, -0.15) is 0 Å². The van der Waals surface area contributed by atoms with Crippen molar-refractivity contribution < 1.29 is 54.4 Å². The summed E-state index contributed by atoms with van der Waals surface area (Å²) in [6.07, 6.45) is -8.83. The van der Waals surface area contributed by atoms with Gasteiger partial charge >= 0.3 is 5.97 Å². The van der Waals surface area contributed by atoms with E-state index in [1.54, 1.807) is 0 Å². The van der Waals surface area contributed by atoms with Crippen molar-refractivity contribution in [3.63, 3.8) is 0 Å². The highest BCUT2D eigenvalue weighted by molar-refractivity contribution is 5.89. The van der Waals surface area contributed by atoms with E-state index in [4.69, 9.17) is 18.9 Å². The predicted octanol–water partition coefficient (Wildman–Crippen LogP) is -3.04. The summed E-state index contributed by atoms with van der Waals surface area (Å²) in [6, 6.07) is 0. The number of rotatable bonds is 4. The Kier molecular flexibility index (Phi) is 5.99. The average Bonchev–Trinajstić information content (AvgIpc) is 2.91. The minimum Gasteiger partial charge on any atom is -0.471 e. The second kappa shape index (κ2) is 7.84. The van der Waals surface area contributed by atoms with Crippen LogP contribution < -0.4 is 0 Å². The lowest BCUT2D eigenvalue weighted by atomic mass is 9.81. The van der Waals surface area contributed by atoms with Gasteiger partial charge in [0, 0.05) is 5.92 Å². The molecule has 3 rings (SSSR count). The number of fused-ring (bicyclic) bond motifs is 1. The molecule has 0 aromatic heterocycles.